The van der Waals surface area contributed by atoms with Crippen LogP contribution < -0.4 is 20.1 Å². The van der Waals surface area contributed by atoms with E-state index in [0.29, 0.717) is 13.2 Å². The van der Waals surface area contributed by atoms with Gasteiger partial charge in [0.05, 0.1) is 10.7 Å². The number of thiazole rings is 1. The number of benzene rings is 1. The van der Waals surface area contributed by atoms with Crippen LogP contribution in [0.1, 0.15) is 30.1 Å². The Morgan fingerprint density at radius 1 is 1.22 bits per heavy atom. The summed E-state index contributed by atoms with van der Waals surface area (Å²) < 4.78 is 11.3. The summed E-state index contributed by atoms with van der Waals surface area (Å²) in [5, 5.41) is 10.0. The lowest BCUT2D eigenvalue weighted by molar-refractivity contribution is 0.171. The summed E-state index contributed by atoms with van der Waals surface area (Å²) in [7, 11) is 1.79. The van der Waals surface area contributed by atoms with E-state index < -0.39 is 0 Å². The topological polar surface area (TPSA) is 67.8 Å². The van der Waals surface area contributed by atoms with Crippen LogP contribution >= 0.6 is 11.3 Å². The first kappa shape index (κ1) is 19.5. The Balaban J connectivity index is 1.53. The smallest absolute Gasteiger partial charge is 0.191 e. The molecule has 0 bridgehead atoms. The Morgan fingerprint density at radius 2 is 2.00 bits per heavy atom. The molecule has 1 aliphatic heterocycles. The number of aryl methyl sites for hydroxylation is 1. The van der Waals surface area contributed by atoms with Crippen LogP contribution in [0.3, 0.4) is 0 Å². The van der Waals surface area contributed by atoms with Crippen molar-refractivity contribution in [2.75, 3.05) is 33.4 Å². The summed E-state index contributed by atoms with van der Waals surface area (Å²) >= 11 is 1.69. The summed E-state index contributed by atoms with van der Waals surface area (Å²) in [6.45, 7) is 9.20. The second-order valence-corrected chi connectivity index (χ2v) is 8.26. The largest absolute Gasteiger partial charge is 0.486 e. The van der Waals surface area contributed by atoms with E-state index in [1.165, 1.54) is 5.56 Å². The molecule has 0 saturated carbocycles. The zero-order valence-corrected chi connectivity index (χ0v) is 17.3. The molecule has 0 radical (unpaired) electrons. The molecule has 0 unspecified atom stereocenters. The number of fused-ring (bicyclic) bond motifs is 1. The lowest BCUT2D eigenvalue weighted by Crippen LogP contribution is -2.44. The molecule has 27 heavy (non-hydrogen) atoms. The fourth-order valence-electron chi connectivity index (χ4n) is 2.92. The molecule has 0 fully saturated rings. The first-order valence-corrected chi connectivity index (χ1v) is 10.1. The van der Waals surface area contributed by atoms with Crippen LogP contribution in [0.5, 0.6) is 11.5 Å². The lowest BCUT2D eigenvalue weighted by Gasteiger charge is -2.28. The van der Waals surface area contributed by atoms with Crippen molar-refractivity contribution >= 4 is 17.3 Å². The van der Waals surface area contributed by atoms with Crippen molar-refractivity contribution in [2.24, 2.45) is 4.99 Å². The average Bonchev–Trinajstić information content (AvgIpc) is 3.09. The number of ether oxygens (including phenoxy) is 2. The van der Waals surface area contributed by atoms with Crippen molar-refractivity contribution < 1.29 is 9.47 Å². The molecule has 3 rings (SSSR count). The van der Waals surface area contributed by atoms with Gasteiger partial charge in [-0.15, -0.1) is 11.3 Å². The van der Waals surface area contributed by atoms with Gasteiger partial charge in [-0.1, -0.05) is 19.9 Å². The van der Waals surface area contributed by atoms with Gasteiger partial charge in [-0.2, -0.15) is 0 Å². The molecular formula is C20H28N4O2S. The highest BCUT2D eigenvalue weighted by Crippen LogP contribution is 2.34. The van der Waals surface area contributed by atoms with Gasteiger partial charge in [-0.05, 0) is 24.6 Å². The van der Waals surface area contributed by atoms with E-state index in [-0.39, 0.29) is 5.41 Å². The molecule has 2 aromatic rings. The van der Waals surface area contributed by atoms with Gasteiger partial charge in [0.15, 0.2) is 17.5 Å². The minimum atomic E-state index is -0.0838. The summed E-state index contributed by atoms with van der Waals surface area (Å²) in [4.78, 5) is 8.81. The summed E-state index contributed by atoms with van der Waals surface area (Å²) in [5.74, 6) is 2.45. The molecule has 2 heterocycles. The molecule has 0 amide bonds. The highest BCUT2D eigenvalue weighted by atomic mass is 32.1. The van der Waals surface area contributed by atoms with E-state index in [4.69, 9.17) is 9.47 Å². The number of aliphatic imine (C=N–C) groups is 1. The highest BCUT2D eigenvalue weighted by Gasteiger charge is 2.23. The van der Waals surface area contributed by atoms with Gasteiger partial charge in [0.2, 0.25) is 0 Å². The summed E-state index contributed by atoms with van der Waals surface area (Å²) in [5.41, 5.74) is 2.24. The van der Waals surface area contributed by atoms with E-state index in [1.807, 2.05) is 13.0 Å². The maximum absolute atomic E-state index is 5.72. The fourth-order valence-corrected chi connectivity index (χ4v) is 3.57. The molecule has 7 heteroatoms. The SMILES string of the molecule is CN=C(NCCc1csc(C)n1)NCC(C)(C)c1ccc2c(c1)OCCO2. The van der Waals surface area contributed by atoms with Crippen molar-refractivity contribution in [3.8, 4) is 11.5 Å². The predicted octanol–water partition coefficient (Wildman–Crippen LogP) is 2.91. The Labute approximate surface area is 165 Å². The Kier molecular flexibility index (Phi) is 6.21. The second kappa shape index (κ2) is 8.61. The van der Waals surface area contributed by atoms with Crippen LogP contribution in [-0.4, -0.2) is 44.3 Å². The van der Waals surface area contributed by atoms with Crippen LogP contribution in [0.25, 0.3) is 0 Å². The van der Waals surface area contributed by atoms with Gasteiger partial charge in [0.25, 0.3) is 0 Å². The predicted molar refractivity (Wildman–Crippen MR) is 110 cm³/mol. The van der Waals surface area contributed by atoms with E-state index in [9.17, 15) is 0 Å². The number of guanidine groups is 1. The first-order chi connectivity index (χ1) is 13.0. The Bertz CT molecular complexity index is 801. The van der Waals surface area contributed by atoms with Crippen molar-refractivity contribution in [3.05, 3.63) is 39.8 Å². The summed E-state index contributed by atoms with van der Waals surface area (Å²) in [6.07, 6.45) is 0.886. The number of nitrogens with one attached hydrogen (secondary N) is 2. The molecule has 2 N–H and O–H groups in total. The molecule has 1 aromatic carbocycles. The third-order valence-electron chi connectivity index (χ3n) is 4.59. The van der Waals surface area contributed by atoms with Gasteiger partial charge in [0.1, 0.15) is 13.2 Å². The maximum Gasteiger partial charge on any atom is 0.191 e. The molecular weight excluding hydrogens is 360 g/mol. The van der Waals surface area contributed by atoms with E-state index in [2.05, 4.69) is 52.0 Å². The van der Waals surface area contributed by atoms with E-state index >= 15 is 0 Å². The molecule has 0 aliphatic carbocycles. The zero-order valence-electron chi connectivity index (χ0n) is 16.5. The van der Waals surface area contributed by atoms with Crippen molar-refractivity contribution in [2.45, 2.75) is 32.6 Å². The fraction of sp³-hybridized carbons (Fsp3) is 0.500. The minimum absolute atomic E-state index is 0.0838. The molecule has 6 nitrogen and oxygen atoms in total. The van der Waals surface area contributed by atoms with Gasteiger partial charge in [-0.25, -0.2) is 4.98 Å². The van der Waals surface area contributed by atoms with E-state index in [0.717, 1.165) is 47.7 Å². The number of nitrogens with zero attached hydrogens (tertiary/aromatic N) is 2. The summed E-state index contributed by atoms with van der Waals surface area (Å²) in [6, 6.07) is 6.18. The second-order valence-electron chi connectivity index (χ2n) is 7.20. The van der Waals surface area contributed by atoms with Crippen molar-refractivity contribution in [3.63, 3.8) is 0 Å². The molecule has 1 aromatic heterocycles. The molecule has 146 valence electrons. The van der Waals surface area contributed by atoms with Crippen LogP contribution in [0, 0.1) is 6.92 Å². The molecule has 1 aliphatic rings. The standard InChI is InChI=1S/C20H28N4O2S/c1-14-24-16(12-27-14)7-8-22-19(21-4)23-13-20(2,3)15-5-6-17-18(11-15)26-10-9-25-17/h5-6,11-12H,7-10,13H2,1-4H3,(H2,21,22,23). The number of hydrogen-bond acceptors (Lipinski definition) is 5. The Hall–Kier alpha value is -2.28. The molecule has 0 spiro atoms. The minimum Gasteiger partial charge on any atom is -0.486 e. The lowest BCUT2D eigenvalue weighted by atomic mass is 9.84. The van der Waals surface area contributed by atoms with Gasteiger partial charge < -0.3 is 20.1 Å². The van der Waals surface area contributed by atoms with Crippen LogP contribution in [-0.2, 0) is 11.8 Å². The first-order valence-electron chi connectivity index (χ1n) is 9.23. The van der Waals surface area contributed by atoms with Crippen LogP contribution in [0.15, 0.2) is 28.6 Å². The van der Waals surface area contributed by atoms with Crippen molar-refractivity contribution in [1.29, 1.82) is 0 Å². The van der Waals surface area contributed by atoms with Gasteiger partial charge >= 0.3 is 0 Å². The van der Waals surface area contributed by atoms with Crippen LogP contribution in [0.4, 0.5) is 0 Å². The number of hydrogen-bond donors (Lipinski definition) is 2. The Morgan fingerprint density at radius 3 is 2.70 bits per heavy atom. The monoisotopic (exact) mass is 388 g/mol. The average molecular weight is 389 g/mol. The highest BCUT2D eigenvalue weighted by molar-refractivity contribution is 7.09. The molecule has 0 saturated heterocycles. The van der Waals surface area contributed by atoms with Crippen LogP contribution in [0.2, 0.25) is 0 Å². The maximum atomic E-state index is 5.72. The van der Waals surface area contributed by atoms with Crippen molar-refractivity contribution in [1.82, 2.24) is 15.6 Å². The normalized spacial score (nSPS) is 14.1. The van der Waals surface area contributed by atoms with Gasteiger partial charge in [-0.3, -0.25) is 4.99 Å². The third-order valence-corrected chi connectivity index (χ3v) is 5.41. The zero-order chi connectivity index (χ0) is 19.3. The van der Waals surface area contributed by atoms with E-state index in [1.54, 1.807) is 18.4 Å². The quantitative estimate of drug-likeness (QED) is 0.588. The number of aromatic nitrogens is 1. The third kappa shape index (κ3) is 5.13. The number of rotatable bonds is 6. The molecule has 0 atom stereocenters. The van der Waals surface area contributed by atoms with Gasteiger partial charge in [0, 0.05) is 37.4 Å².